The third-order valence-corrected chi connectivity index (χ3v) is 27.7. The molecule has 0 radical (unpaired) electrons. The minimum atomic E-state index is 0. The van der Waals surface area contributed by atoms with E-state index in [1.807, 2.05) is 0 Å². The van der Waals surface area contributed by atoms with Crippen molar-refractivity contribution in [2.45, 2.75) is 0 Å². The van der Waals surface area contributed by atoms with E-state index < -0.39 is 0 Å². The van der Waals surface area contributed by atoms with Crippen molar-refractivity contribution in [1.82, 2.24) is 0 Å². The Hall–Kier alpha value is 4.13. The van der Waals surface area contributed by atoms with E-state index in [4.69, 9.17) is 0 Å². The van der Waals surface area contributed by atoms with Gasteiger partial charge in [-0.15, -0.1) is 26.8 Å². The summed E-state index contributed by atoms with van der Waals surface area (Å²) in [5, 5.41) is 0. The van der Waals surface area contributed by atoms with Crippen molar-refractivity contribution in [2.75, 3.05) is 0 Å². The van der Waals surface area contributed by atoms with Gasteiger partial charge in [-0.05, 0) is 6.99 Å². The van der Waals surface area contributed by atoms with Crippen molar-refractivity contribution < 1.29 is 21.1 Å². The van der Waals surface area contributed by atoms with Crippen LogP contribution >= 0.6 is 65.6 Å². The van der Waals surface area contributed by atoms with E-state index in [0.29, 0.717) is 0 Å². The van der Waals surface area contributed by atoms with Crippen LogP contribution in [0.3, 0.4) is 0 Å². The average molecular weight is 441 g/mol. The largest absolute Gasteiger partial charge is 0.473 e. The standard InChI is InChI=1S/H9P8.W/c1-5-8(4)6-7(2)3;/h6H,1-4H2;/q-1;. The van der Waals surface area contributed by atoms with Gasteiger partial charge in [-0.1, -0.05) is 7.96 Å². The van der Waals surface area contributed by atoms with Crippen molar-refractivity contribution in [3.8, 4) is 0 Å². The van der Waals surface area contributed by atoms with Crippen molar-refractivity contribution in [2.24, 2.45) is 0 Å². The first kappa shape index (κ1) is 15.6. The van der Waals surface area contributed by atoms with E-state index in [2.05, 4.69) is 35.7 Å². The summed E-state index contributed by atoms with van der Waals surface area (Å²) >= 11 is 0. The Kier molecular flexibility index (Phi) is 17.7. The predicted octanol–water partition coefficient (Wildman–Crippen LogP) is 4.48. The average Bonchev–Trinajstić information content (AvgIpc) is 1.65. The summed E-state index contributed by atoms with van der Waals surface area (Å²) in [5.74, 6) is 0. The second-order valence-corrected chi connectivity index (χ2v) is 26.1. The first-order valence-corrected chi connectivity index (χ1v) is 15.1. The van der Waals surface area contributed by atoms with E-state index in [0.717, 1.165) is 7.96 Å². The van der Waals surface area contributed by atoms with Crippen LogP contribution in [0.1, 0.15) is 0 Å². The molecule has 0 saturated heterocycles. The zero-order valence-electron chi connectivity index (χ0n) is 4.56. The van der Waals surface area contributed by atoms with Crippen molar-refractivity contribution in [3.63, 3.8) is 0 Å². The van der Waals surface area contributed by atoms with Gasteiger partial charge in [0.15, 0.2) is 0 Å². The molecule has 0 aliphatic rings. The van der Waals surface area contributed by atoms with E-state index in [9.17, 15) is 0 Å². The van der Waals surface area contributed by atoms with Gasteiger partial charge in [0.25, 0.3) is 0 Å². The van der Waals surface area contributed by atoms with Crippen LogP contribution in [0.2, 0.25) is 0 Å². The summed E-state index contributed by atoms with van der Waals surface area (Å²) in [5.41, 5.74) is 0. The van der Waals surface area contributed by atoms with Crippen molar-refractivity contribution in [3.05, 3.63) is 0 Å². The van der Waals surface area contributed by atoms with Crippen LogP contribution in [0.5, 0.6) is 0 Å². The van der Waals surface area contributed by atoms with Gasteiger partial charge in [-0.25, -0.2) is 6.99 Å². The summed E-state index contributed by atoms with van der Waals surface area (Å²) in [6, 6.07) is 0. The summed E-state index contributed by atoms with van der Waals surface area (Å²) in [6.07, 6.45) is 0. The van der Waals surface area contributed by atoms with E-state index in [-0.39, 0.29) is 35.0 Å². The van der Waals surface area contributed by atoms with Crippen LogP contribution in [0, 0.1) is 0 Å². The van der Waals surface area contributed by atoms with Gasteiger partial charge in [-0.2, -0.15) is 0 Å². The van der Waals surface area contributed by atoms with Crippen LogP contribution in [-0.4, -0.2) is 0 Å². The quantitative estimate of drug-likeness (QED) is 0.568. The fourth-order valence-corrected chi connectivity index (χ4v) is 35.0. The fraction of sp³-hybridized carbons (Fsp3) is 0. The molecule has 6 unspecified atom stereocenters. The number of rotatable bonds is 3. The molecule has 9 heavy (non-hydrogen) atoms. The van der Waals surface area contributed by atoms with Gasteiger partial charge in [0.1, 0.15) is 0 Å². The minimum absolute atomic E-state index is 0. The van der Waals surface area contributed by atoms with Gasteiger partial charge in [0.05, 0.1) is 0 Å². The molecule has 0 amide bonds. The molecule has 9 heteroatoms. The third kappa shape index (κ3) is 12.1. The maximum Gasteiger partial charge on any atom is 0 e. The SMILES string of the molecule is P[P-]P(P)PP(P)P.[W]. The molecule has 0 aliphatic heterocycles. The van der Waals surface area contributed by atoms with Crippen LogP contribution in [0.4, 0.5) is 0 Å². The van der Waals surface area contributed by atoms with Crippen LogP contribution in [-0.2, 0) is 21.1 Å². The minimum Gasteiger partial charge on any atom is -0.473 e. The molecule has 0 nitrogen and oxygen atoms in total. The molecule has 6 atom stereocenters. The molecule has 0 N–H and O–H groups in total. The molecular formula is H9P8W-. The Labute approximate surface area is 86.2 Å². The second kappa shape index (κ2) is 10.2. The summed E-state index contributed by atoms with van der Waals surface area (Å²) in [7, 11) is 14.0. The number of hydrogen-bond donors (Lipinski definition) is 0. The Morgan fingerprint density at radius 3 is 1.78 bits per heavy atom. The molecule has 0 aliphatic carbocycles. The monoisotopic (exact) mass is 441 g/mol. The second-order valence-electron chi connectivity index (χ2n) is 0.967. The Balaban J connectivity index is 0. The predicted molar refractivity (Wildman–Crippen MR) is 67.9 cm³/mol. The third-order valence-electron chi connectivity index (χ3n) is 0.342. The maximum absolute atomic E-state index is 2.91. The molecule has 0 fully saturated rings. The zero-order chi connectivity index (χ0) is 6.57. The molecule has 0 aromatic carbocycles. The summed E-state index contributed by atoms with van der Waals surface area (Å²) in [6.45, 7) is 0.452. The van der Waals surface area contributed by atoms with Gasteiger partial charge < -0.3 is 7.96 Å². The Bertz CT molecular complexity index is 50.5. The molecule has 0 heterocycles. The maximum atomic E-state index is 2.91. The summed E-state index contributed by atoms with van der Waals surface area (Å²) in [4.78, 5) is 0. The fourth-order valence-electron chi connectivity index (χ4n) is 0.144. The molecule has 0 rings (SSSR count). The van der Waals surface area contributed by atoms with Gasteiger partial charge in [-0.3, -0.25) is 8.93 Å². The van der Waals surface area contributed by atoms with Crippen LogP contribution < -0.4 is 0 Å². The Morgan fingerprint density at radius 1 is 1.22 bits per heavy atom. The van der Waals surface area contributed by atoms with Crippen molar-refractivity contribution in [1.29, 1.82) is 0 Å². The van der Waals surface area contributed by atoms with Crippen molar-refractivity contribution >= 4 is 65.6 Å². The molecule has 0 bridgehead atoms. The van der Waals surface area contributed by atoms with Crippen LogP contribution in [0.25, 0.3) is 0 Å². The van der Waals surface area contributed by atoms with Crippen LogP contribution in [0.15, 0.2) is 0 Å². The molecular weight excluding hydrogens is 432 g/mol. The summed E-state index contributed by atoms with van der Waals surface area (Å²) < 4.78 is 0. The normalized spacial score (nSPS) is 15.7. The molecule has 0 aromatic heterocycles. The van der Waals surface area contributed by atoms with E-state index in [1.165, 1.54) is 7.96 Å². The van der Waals surface area contributed by atoms with Gasteiger partial charge in [0.2, 0.25) is 0 Å². The molecule has 0 saturated carbocycles. The zero-order valence-corrected chi connectivity index (χ0v) is 15.8. The van der Waals surface area contributed by atoms with E-state index in [1.54, 1.807) is 0 Å². The smallest absolute Gasteiger partial charge is 0 e. The van der Waals surface area contributed by atoms with E-state index >= 15 is 0 Å². The topological polar surface area (TPSA) is 0 Å². The molecule has 56 valence electrons. The van der Waals surface area contributed by atoms with Gasteiger partial charge >= 0.3 is 0 Å². The Morgan fingerprint density at radius 2 is 1.67 bits per heavy atom. The van der Waals surface area contributed by atoms with Gasteiger partial charge in [0, 0.05) is 21.1 Å². The number of hydrogen-bond acceptors (Lipinski definition) is 0. The molecule has 0 aromatic rings. The first-order valence-electron chi connectivity index (χ1n) is 1.68. The first-order chi connectivity index (χ1) is 3.66. The molecule has 0 spiro atoms.